The van der Waals surface area contributed by atoms with Gasteiger partial charge in [0.15, 0.2) is 0 Å². The number of nitrogens with one attached hydrogen (secondary N) is 1. The first-order valence-electron chi connectivity index (χ1n) is 11.4. The number of hydrogen-bond donors (Lipinski definition) is 2. The van der Waals surface area contributed by atoms with Crippen LogP contribution in [0.15, 0.2) is 58.5 Å². The van der Waals surface area contributed by atoms with E-state index in [-0.39, 0.29) is 22.4 Å². The van der Waals surface area contributed by atoms with E-state index in [2.05, 4.69) is 17.0 Å². The molecule has 0 aliphatic carbocycles. The molecule has 3 N–H and O–H groups in total. The van der Waals surface area contributed by atoms with Gasteiger partial charge in [-0.05, 0) is 42.1 Å². The van der Waals surface area contributed by atoms with Crippen molar-refractivity contribution in [3.8, 4) is 11.3 Å². The summed E-state index contributed by atoms with van der Waals surface area (Å²) in [5.41, 5.74) is 1.48. The number of halogens is 6. The summed E-state index contributed by atoms with van der Waals surface area (Å²) in [7, 11) is 0. The maximum absolute atomic E-state index is 14.5. The topological polar surface area (TPSA) is 107 Å². The van der Waals surface area contributed by atoms with Crippen LogP contribution in [0.5, 0.6) is 0 Å². The van der Waals surface area contributed by atoms with Gasteiger partial charge in [-0.1, -0.05) is 19.8 Å². The minimum atomic E-state index is -4.74. The van der Waals surface area contributed by atoms with E-state index in [0.717, 1.165) is 31.7 Å². The summed E-state index contributed by atoms with van der Waals surface area (Å²) in [4.78, 5) is 27.0. The number of pyridine rings is 2. The fourth-order valence-electron chi connectivity index (χ4n) is 3.61. The van der Waals surface area contributed by atoms with Gasteiger partial charge in [0, 0.05) is 30.1 Å². The Morgan fingerprint density at radius 3 is 2.37 bits per heavy atom. The summed E-state index contributed by atoms with van der Waals surface area (Å²) in [5.74, 6) is -0.599. The second-order valence-electron chi connectivity index (χ2n) is 8.25. The van der Waals surface area contributed by atoms with Crippen LogP contribution in [0.1, 0.15) is 43.7 Å². The predicted octanol–water partition coefficient (Wildman–Crippen LogP) is 5.70. The lowest BCUT2D eigenvalue weighted by Crippen LogP contribution is -2.24. The van der Waals surface area contributed by atoms with Crippen molar-refractivity contribution in [2.45, 2.75) is 45.3 Å². The van der Waals surface area contributed by atoms with E-state index in [1.165, 1.54) is 24.3 Å². The number of aryl methyl sites for hydroxylation is 1. The first-order valence-corrected chi connectivity index (χ1v) is 11.4. The van der Waals surface area contributed by atoms with Gasteiger partial charge in [0.25, 0.3) is 17.5 Å². The number of nitrogens with two attached hydrogens (primary N) is 1. The van der Waals surface area contributed by atoms with E-state index in [1.807, 2.05) is 0 Å². The highest BCUT2D eigenvalue weighted by Gasteiger charge is 2.36. The molecule has 0 radical (unpaired) electrons. The third-order valence-corrected chi connectivity index (χ3v) is 5.55. The van der Waals surface area contributed by atoms with Gasteiger partial charge < -0.3 is 10.3 Å². The Balaban J connectivity index is 0.000000279. The number of aromatic nitrogens is 4. The van der Waals surface area contributed by atoms with Crippen molar-refractivity contribution < 1.29 is 26.3 Å². The fraction of sp³-hybridized carbons (Fsp3) is 0.280. The molecule has 4 rings (SSSR count). The second kappa shape index (κ2) is 11.9. The van der Waals surface area contributed by atoms with Crippen LogP contribution in [0.25, 0.3) is 22.0 Å². The number of aromatic amines is 1. The number of benzene rings is 1. The zero-order valence-electron chi connectivity index (χ0n) is 20.0. The smallest absolute Gasteiger partial charge is 0.397 e. The van der Waals surface area contributed by atoms with Crippen molar-refractivity contribution >= 4 is 16.5 Å². The Bertz CT molecular complexity index is 1510. The van der Waals surface area contributed by atoms with Gasteiger partial charge in [-0.25, -0.2) is 18.3 Å². The highest BCUT2D eigenvalue weighted by Crippen LogP contribution is 2.29. The largest absolute Gasteiger partial charge is 0.423 e. The summed E-state index contributed by atoms with van der Waals surface area (Å²) < 4.78 is 77.3. The summed E-state index contributed by atoms with van der Waals surface area (Å²) in [6, 6.07) is 7.08. The maximum atomic E-state index is 14.5. The molecule has 0 saturated heterocycles. The van der Waals surface area contributed by atoms with Crippen LogP contribution in [0.4, 0.5) is 32.0 Å². The number of rotatable bonds is 6. The monoisotopic (exact) mass is 539 g/mol. The van der Waals surface area contributed by atoms with Crippen molar-refractivity contribution in [3.63, 3.8) is 0 Å². The number of alkyl halides is 5. The molecule has 0 bridgehead atoms. The van der Waals surface area contributed by atoms with E-state index >= 15 is 0 Å². The lowest BCUT2D eigenvalue weighted by atomic mass is 10.0. The van der Waals surface area contributed by atoms with E-state index < -0.39 is 35.2 Å². The van der Waals surface area contributed by atoms with Crippen LogP contribution >= 0.6 is 0 Å². The fourth-order valence-corrected chi connectivity index (χ4v) is 3.61. The molecule has 0 aliphatic heterocycles. The van der Waals surface area contributed by atoms with E-state index in [4.69, 9.17) is 5.73 Å². The molecule has 0 fully saturated rings. The number of nitrogen functional groups attached to an aromatic ring is 1. The molecule has 3 heterocycles. The molecule has 4 aromatic rings. The van der Waals surface area contributed by atoms with Gasteiger partial charge in [0.05, 0.1) is 23.0 Å². The highest BCUT2D eigenvalue weighted by molar-refractivity contribution is 5.86. The highest BCUT2D eigenvalue weighted by atomic mass is 19.4. The van der Waals surface area contributed by atoms with Gasteiger partial charge in [-0.3, -0.25) is 14.6 Å². The molecule has 0 spiro atoms. The zero-order valence-corrected chi connectivity index (χ0v) is 20.0. The number of anilines is 1. The molecule has 202 valence electrons. The number of nitrogens with zero attached hydrogens (tertiary/aromatic N) is 3. The van der Waals surface area contributed by atoms with E-state index in [9.17, 15) is 35.9 Å². The normalized spacial score (nSPS) is 11.5. The van der Waals surface area contributed by atoms with E-state index in [1.54, 1.807) is 21.9 Å². The average Bonchev–Trinajstić information content (AvgIpc) is 2.85. The Labute approximate surface area is 212 Å². The van der Waals surface area contributed by atoms with Gasteiger partial charge in [-0.15, -0.1) is 0 Å². The van der Waals surface area contributed by atoms with Crippen LogP contribution in [0, 0.1) is 5.82 Å². The molecule has 7 nitrogen and oxygen atoms in total. The molecule has 38 heavy (non-hydrogen) atoms. The van der Waals surface area contributed by atoms with Gasteiger partial charge >= 0.3 is 6.18 Å². The summed E-state index contributed by atoms with van der Waals surface area (Å²) in [6.45, 7) is 2.69. The quantitative estimate of drug-likeness (QED) is 0.242. The number of unbranched alkanes of at least 4 members (excludes halogenated alkanes) is 2. The third kappa shape index (κ3) is 6.58. The molecule has 0 unspecified atom stereocenters. The lowest BCUT2D eigenvalue weighted by molar-refractivity contribution is -0.138. The van der Waals surface area contributed by atoms with Gasteiger partial charge in [0.1, 0.15) is 11.4 Å². The minimum absolute atomic E-state index is 0.182. The van der Waals surface area contributed by atoms with Crippen LogP contribution in [0.3, 0.4) is 0 Å². The minimum Gasteiger partial charge on any atom is -0.397 e. The Morgan fingerprint density at radius 2 is 1.82 bits per heavy atom. The molecular formula is C25H23F6N5O2. The molecular weight excluding hydrogens is 516 g/mol. The van der Waals surface area contributed by atoms with Crippen LogP contribution in [-0.2, 0) is 12.7 Å². The molecule has 0 saturated carbocycles. The van der Waals surface area contributed by atoms with Crippen molar-refractivity contribution in [2.24, 2.45) is 0 Å². The summed E-state index contributed by atoms with van der Waals surface area (Å²) in [6.07, 6.45) is -0.905. The lowest BCUT2D eigenvalue weighted by Gasteiger charge is -2.09. The molecule has 0 atom stereocenters. The number of hydrogen-bond acceptors (Lipinski definition) is 5. The molecule has 0 amide bonds. The van der Waals surface area contributed by atoms with Crippen LogP contribution in [0.2, 0.25) is 0 Å². The van der Waals surface area contributed by atoms with Gasteiger partial charge in [-0.2, -0.15) is 18.3 Å². The number of H-pyrrole nitrogens is 1. The Kier molecular flexibility index (Phi) is 8.92. The Hall–Kier alpha value is -4.16. The van der Waals surface area contributed by atoms with Crippen molar-refractivity contribution in [2.75, 3.05) is 5.73 Å². The molecule has 0 aliphatic rings. The van der Waals surface area contributed by atoms with E-state index in [0.29, 0.717) is 17.3 Å². The average molecular weight is 539 g/mol. The number of fused-ring (bicyclic) bond motifs is 1. The van der Waals surface area contributed by atoms with Gasteiger partial charge in [0.2, 0.25) is 0 Å². The predicted molar refractivity (Wildman–Crippen MR) is 130 cm³/mol. The Morgan fingerprint density at radius 1 is 1.08 bits per heavy atom. The SMILES string of the molecule is CCCCCn1ccc2cc(-c3ccc(C(F)F)cn3)c(F)cc2c1=O.Nc1cn[nH]c(=O)c1C(F)(F)F. The second-order valence-corrected chi connectivity index (χ2v) is 8.25. The molecule has 1 aromatic carbocycles. The zero-order chi connectivity index (χ0) is 28.0. The first kappa shape index (κ1) is 28.4. The summed E-state index contributed by atoms with van der Waals surface area (Å²) >= 11 is 0. The summed E-state index contributed by atoms with van der Waals surface area (Å²) in [5, 5.41) is 5.63. The molecule has 13 heteroatoms. The van der Waals surface area contributed by atoms with Crippen molar-refractivity contribution in [3.05, 3.63) is 86.6 Å². The molecule has 3 aromatic heterocycles. The maximum Gasteiger partial charge on any atom is 0.423 e. The van der Waals surface area contributed by atoms with Crippen molar-refractivity contribution in [1.29, 1.82) is 0 Å². The standard InChI is InChI=1S/C20H19F3N2O.C5H4F3N3O/c1-2-3-4-8-25-9-7-13-10-16(17(21)11-15(13)20(25)26)18-6-5-14(12-24-18)19(22)23;6-5(7,8)3-2(9)1-10-11-4(3)12/h5-7,9-12,19H,2-4,8H2,1H3;1H,(H3,9,11,12). The van der Waals surface area contributed by atoms with Crippen LogP contribution < -0.4 is 16.9 Å². The third-order valence-electron chi connectivity index (χ3n) is 5.55. The van der Waals surface area contributed by atoms with Crippen molar-refractivity contribution in [1.82, 2.24) is 19.7 Å². The van der Waals surface area contributed by atoms with Crippen LogP contribution in [-0.4, -0.2) is 19.7 Å². The first-order chi connectivity index (χ1) is 17.9.